The van der Waals surface area contributed by atoms with Crippen LogP contribution in [0.15, 0.2) is 53.9 Å². The maximum Gasteiger partial charge on any atom is 0.177 e. The molecule has 164 valence electrons. The van der Waals surface area contributed by atoms with Gasteiger partial charge in [0.2, 0.25) is 0 Å². The fourth-order valence-corrected chi connectivity index (χ4v) is 4.57. The normalized spacial score (nSPS) is 16.1. The highest BCUT2D eigenvalue weighted by molar-refractivity contribution is 9.09. The topological polar surface area (TPSA) is 54.6 Å². The Morgan fingerprint density at radius 3 is 2.53 bits per heavy atom. The Kier molecular flexibility index (Phi) is 5.21. The SMILES string of the molecule is Cn1cc(C2=NNC(C=O)N2c2cn(CCCBr)c3ccc(F)cc23)c2cc(F)ccc21. The van der Waals surface area contributed by atoms with E-state index in [4.69, 9.17) is 0 Å². The standard InChI is InChI=1S/C23H20BrF2N5O/c1-29-11-18(16-9-14(25)3-5-19(16)29)23-28-27-22(13-32)31(23)21-12-30(8-2-7-24)20-6-4-15(26)10-17(20)21/h3-6,9-13,22,27H,2,7-8H2,1H3. The van der Waals surface area contributed by atoms with Gasteiger partial charge in [0.05, 0.1) is 11.2 Å². The van der Waals surface area contributed by atoms with Crippen molar-refractivity contribution >= 4 is 55.5 Å². The van der Waals surface area contributed by atoms with Crippen molar-refractivity contribution in [1.29, 1.82) is 0 Å². The van der Waals surface area contributed by atoms with Crippen LogP contribution in [0.1, 0.15) is 12.0 Å². The van der Waals surface area contributed by atoms with Crippen LogP contribution in [0, 0.1) is 11.6 Å². The molecule has 0 spiro atoms. The molecule has 0 saturated carbocycles. The number of nitrogens with one attached hydrogen (secondary N) is 1. The predicted octanol–water partition coefficient (Wildman–Crippen LogP) is 4.49. The molecular weight excluding hydrogens is 480 g/mol. The number of carbonyl (C=O) groups is 1. The number of rotatable bonds is 6. The van der Waals surface area contributed by atoms with E-state index < -0.39 is 6.17 Å². The molecule has 3 heterocycles. The van der Waals surface area contributed by atoms with Crippen LogP contribution in [0.4, 0.5) is 14.5 Å². The van der Waals surface area contributed by atoms with Gasteiger partial charge in [-0.3, -0.25) is 15.1 Å². The van der Waals surface area contributed by atoms with Crippen LogP contribution in [0.2, 0.25) is 0 Å². The average Bonchev–Trinajstić information content (AvgIpc) is 3.45. The van der Waals surface area contributed by atoms with Crippen LogP contribution in [-0.2, 0) is 18.4 Å². The van der Waals surface area contributed by atoms with Crippen molar-refractivity contribution in [3.63, 3.8) is 0 Å². The minimum atomic E-state index is -0.771. The molecule has 5 rings (SSSR count). The summed E-state index contributed by atoms with van der Waals surface area (Å²) in [6.45, 7) is 0.729. The first-order valence-electron chi connectivity index (χ1n) is 10.2. The number of halogens is 3. The Morgan fingerprint density at radius 2 is 1.81 bits per heavy atom. The molecule has 0 radical (unpaired) electrons. The summed E-state index contributed by atoms with van der Waals surface area (Å²) in [6, 6.07) is 9.21. The van der Waals surface area contributed by atoms with E-state index in [2.05, 4.69) is 26.5 Å². The molecule has 0 amide bonds. The van der Waals surface area contributed by atoms with Crippen molar-refractivity contribution in [2.45, 2.75) is 19.1 Å². The van der Waals surface area contributed by atoms with E-state index in [1.165, 1.54) is 24.3 Å². The number of alkyl halides is 1. The number of fused-ring (bicyclic) bond motifs is 2. The summed E-state index contributed by atoms with van der Waals surface area (Å²) in [6.07, 6.45) is 4.64. The third kappa shape index (κ3) is 3.28. The fourth-order valence-electron chi connectivity index (χ4n) is 4.32. The first-order chi connectivity index (χ1) is 15.5. The lowest BCUT2D eigenvalue weighted by Gasteiger charge is -2.23. The molecule has 0 aliphatic carbocycles. The Hall–Kier alpha value is -3.20. The number of hydrazone groups is 1. The van der Waals surface area contributed by atoms with Gasteiger partial charge in [0.25, 0.3) is 0 Å². The zero-order chi connectivity index (χ0) is 22.4. The number of aldehydes is 1. The lowest BCUT2D eigenvalue weighted by Crippen LogP contribution is -2.41. The number of carbonyl (C=O) groups excluding carboxylic acids is 1. The van der Waals surface area contributed by atoms with Gasteiger partial charge in [0.15, 0.2) is 18.3 Å². The Labute approximate surface area is 191 Å². The van der Waals surface area contributed by atoms with Crippen LogP contribution >= 0.6 is 15.9 Å². The summed E-state index contributed by atoms with van der Waals surface area (Å²) < 4.78 is 32.2. The second kappa shape index (κ2) is 8.05. The monoisotopic (exact) mass is 499 g/mol. The van der Waals surface area contributed by atoms with E-state index in [1.807, 2.05) is 28.6 Å². The summed E-state index contributed by atoms with van der Waals surface area (Å²) in [4.78, 5) is 13.7. The molecule has 0 saturated heterocycles. The van der Waals surface area contributed by atoms with Gasteiger partial charge in [0, 0.05) is 53.2 Å². The molecule has 9 heteroatoms. The van der Waals surface area contributed by atoms with E-state index >= 15 is 0 Å². The van der Waals surface area contributed by atoms with E-state index in [-0.39, 0.29) is 11.6 Å². The van der Waals surface area contributed by atoms with Crippen molar-refractivity contribution in [1.82, 2.24) is 14.6 Å². The van der Waals surface area contributed by atoms with Gasteiger partial charge in [0.1, 0.15) is 11.6 Å². The number of hydrogen-bond donors (Lipinski definition) is 1. The second-order valence-corrected chi connectivity index (χ2v) is 8.54. The molecule has 1 N–H and O–H groups in total. The van der Waals surface area contributed by atoms with Gasteiger partial charge in [-0.2, -0.15) is 5.10 Å². The van der Waals surface area contributed by atoms with Crippen LogP contribution in [-0.4, -0.2) is 32.8 Å². The van der Waals surface area contributed by atoms with Crippen LogP contribution < -0.4 is 10.3 Å². The molecule has 2 aromatic heterocycles. The number of anilines is 1. The molecule has 6 nitrogen and oxygen atoms in total. The van der Waals surface area contributed by atoms with Crippen LogP contribution in [0.25, 0.3) is 21.8 Å². The molecule has 32 heavy (non-hydrogen) atoms. The largest absolute Gasteiger partial charge is 0.350 e. The van der Waals surface area contributed by atoms with Gasteiger partial charge in [-0.25, -0.2) is 8.78 Å². The number of aromatic nitrogens is 2. The smallest absolute Gasteiger partial charge is 0.177 e. The maximum absolute atomic E-state index is 14.2. The van der Waals surface area contributed by atoms with Gasteiger partial charge in [-0.05, 0) is 42.8 Å². The number of hydrogen-bond acceptors (Lipinski definition) is 4. The summed E-state index contributed by atoms with van der Waals surface area (Å²) in [5.74, 6) is -0.247. The van der Waals surface area contributed by atoms with Gasteiger partial charge in [-0.1, -0.05) is 15.9 Å². The van der Waals surface area contributed by atoms with Gasteiger partial charge < -0.3 is 9.13 Å². The highest BCUT2D eigenvalue weighted by Gasteiger charge is 2.33. The Bertz CT molecular complexity index is 1380. The lowest BCUT2D eigenvalue weighted by molar-refractivity contribution is -0.109. The average molecular weight is 500 g/mol. The molecule has 1 atom stereocenters. The Balaban J connectivity index is 1.71. The summed E-state index contributed by atoms with van der Waals surface area (Å²) in [5, 5.41) is 6.61. The number of aryl methyl sites for hydroxylation is 2. The van der Waals surface area contributed by atoms with E-state index in [9.17, 15) is 13.6 Å². The fraction of sp³-hybridized carbons (Fsp3) is 0.217. The molecule has 1 aliphatic heterocycles. The minimum absolute atomic E-state index is 0.358. The molecule has 0 fully saturated rings. The summed E-state index contributed by atoms with van der Waals surface area (Å²) >= 11 is 3.46. The molecule has 2 aromatic carbocycles. The van der Waals surface area contributed by atoms with Crippen molar-refractivity contribution in [2.75, 3.05) is 10.2 Å². The first kappa shape index (κ1) is 20.7. The quantitative estimate of drug-likeness (QED) is 0.314. The second-order valence-electron chi connectivity index (χ2n) is 7.74. The van der Waals surface area contributed by atoms with Gasteiger partial charge >= 0.3 is 0 Å². The number of benzene rings is 2. The zero-order valence-electron chi connectivity index (χ0n) is 17.2. The first-order valence-corrected chi connectivity index (χ1v) is 11.3. The van der Waals surface area contributed by atoms with Crippen molar-refractivity contribution < 1.29 is 13.6 Å². The minimum Gasteiger partial charge on any atom is -0.350 e. The summed E-state index contributed by atoms with van der Waals surface area (Å²) in [7, 11) is 1.87. The lowest BCUT2D eigenvalue weighted by atomic mass is 10.1. The number of nitrogens with zero attached hydrogens (tertiary/aromatic N) is 4. The molecular formula is C23H20BrF2N5O. The van der Waals surface area contributed by atoms with Crippen LogP contribution in [0.5, 0.6) is 0 Å². The highest BCUT2D eigenvalue weighted by Crippen LogP contribution is 2.35. The maximum atomic E-state index is 14.2. The zero-order valence-corrected chi connectivity index (χ0v) is 18.8. The van der Waals surface area contributed by atoms with Crippen LogP contribution in [0.3, 0.4) is 0 Å². The van der Waals surface area contributed by atoms with Crippen molar-refractivity contribution in [3.05, 3.63) is 66.0 Å². The third-order valence-corrected chi connectivity index (χ3v) is 6.31. The van der Waals surface area contributed by atoms with E-state index in [0.29, 0.717) is 27.9 Å². The predicted molar refractivity (Wildman–Crippen MR) is 125 cm³/mol. The molecule has 1 aliphatic rings. The highest BCUT2D eigenvalue weighted by atomic mass is 79.9. The van der Waals surface area contributed by atoms with E-state index in [1.54, 1.807) is 17.0 Å². The van der Waals surface area contributed by atoms with Crippen molar-refractivity contribution in [2.24, 2.45) is 12.1 Å². The third-order valence-electron chi connectivity index (χ3n) is 5.74. The Morgan fingerprint density at radius 1 is 1.09 bits per heavy atom. The summed E-state index contributed by atoms with van der Waals surface area (Å²) in [5.41, 5.74) is 5.89. The molecule has 0 bridgehead atoms. The van der Waals surface area contributed by atoms with E-state index in [0.717, 1.165) is 35.6 Å². The van der Waals surface area contributed by atoms with Crippen molar-refractivity contribution in [3.8, 4) is 0 Å². The molecule has 4 aromatic rings. The van der Waals surface area contributed by atoms with Gasteiger partial charge in [-0.15, -0.1) is 0 Å². The molecule has 1 unspecified atom stereocenters. The number of amidine groups is 1.